The summed E-state index contributed by atoms with van der Waals surface area (Å²) in [6.45, 7) is 2.99. The third kappa shape index (κ3) is 3.74. The summed E-state index contributed by atoms with van der Waals surface area (Å²) in [6, 6.07) is 7.05. The molecule has 2 aromatic rings. The van der Waals surface area contributed by atoms with E-state index in [4.69, 9.17) is 0 Å². The average Bonchev–Trinajstić information content (AvgIpc) is 3.46. The highest BCUT2D eigenvalue weighted by Crippen LogP contribution is 2.35. The standard InChI is InChI=1S/C19H25N5O/c1-22-9-5-15(12-19(22)25)13-23-10-6-17(7-11-23)24(16-2-3-16)18-4-8-20-14-21-18/h4-5,8-9,12,14,16-17H,2-3,6-7,10-11,13H2,1H3. The largest absolute Gasteiger partial charge is 0.350 e. The predicted molar refractivity (Wildman–Crippen MR) is 97.5 cm³/mol. The predicted octanol–water partition coefficient (Wildman–Crippen LogP) is 1.81. The SMILES string of the molecule is Cn1ccc(CN2CCC(N(c3ccncn3)C3CC3)CC2)cc1=O. The molecule has 25 heavy (non-hydrogen) atoms. The van der Waals surface area contributed by atoms with Crippen LogP contribution in [0.5, 0.6) is 0 Å². The van der Waals surface area contributed by atoms with Crippen LogP contribution in [-0.2, 0) is 13.6 Å². The van der Waals surface area contributed by atoms with Crippen molar-refractivity contribution in [3.8, 4) is 0 Å². The van der Waals surface area contributed by atoms with E-state index in [2.05, 4.69) is 19.8 Å². The highest BCUT2D eigenvalue weighted by molar-refractivity contribution is 5.41. The van der Waals surface area contributed by atoms with Gasteiger partial charge >= 0.3 is 0 Å². The summed E-state index contributed by atoms with van der Waals surface area (Å²) in [5.74, 6) is 1.07. The van der Waals surface area contributed by atoms with Gasteiger partial charge < -0.3 is 9.47 Å². The zero-order valence-corrected chi connectivity index (χ0v) is 14.7. The van der Waals surface area contributed by atoms with Gasteiger partial charge in [0, 0.05) is 57.2 Å². The molecule has 132 valence electrons. The molecular formula is C19H25N5O. The second-order valence-electron chi connectivity index (χ2n) is 7.20. The highest BCUT2D eigenvalue weighted by Gasteiger charge is 2.36. The number of hydrogen-bond donors (Lipinski definition) is 0. The normalized spacial score (nSPS) is 19.1. The fourth-order valence-corrected chi connectivity index (χ4v) is 3.76. The lowest BCUT2D eigenvalue weighted by molar-refractivity contribution is 0.200. The van der Waals surface area contributed by atoms with E-state index < -0.39 is 0 Å². The minimum Gasteiger partial charge on any atom is -0.350 e. The molecule has 1 aliphatic carbocycles. The third-order valence-electron chi connectivity index (χ3n) is 5.30. The van der Waals surface area contributed by atoms with Crippen molar-refractivity contribution in [1.29, 1.82) is 0 Å². The number of piperidine rings is 1. The average molecular weight is 339 g/mol. The quantitative estimate of drug-likeness (QED) is 0.831. The number of rotatable bonds is 5. The maximum Gasteiger partial charge on any atom is 0.250 e. The van der Waals surface area contributed by atoms with E-state index in [0.717, 1.165) is 43.9 Å². The second-order valence-corrected chi connectivity index (χ2v) is 7.20. The lowest BCUT2D eigenvalue weighted by atomic mass is 10.0. The van der Waals surface area contributed by atoms with Crippen molar-refractivity contribution in [3.05, 3.63) is 52.8 Å². The first kappa shape index (κ1) is 16.3. The van der Waals surface area contributed by atoms with Gasteiger partial charge in [-0.1, -0.05) is 0 Å². The van der Waals surface area contributed by atoms with Crippen LogP contribution in [0.4, 0.5) is 5.82 Å². The summed E-state index contributed by atoms with van der Waals surface area (Å²) in [6.07, 6.45) is 10.2. The monoisotopic (exact) mass is 339 g/mol. The summed E-state index contributed by atoms with van der Waals surface area (Å²) in [4.78, 5) is 25.3. The molecule has 4 rings (SSSR count). The molecule has 0 spiro atoms. The van der Waals surface area contributed by atoms with E-state index in [9.17, 15) is 4.79 Å². The maximum atomic E-state index is 11.8. The van der Waals surface area contributed by atoms with Crippen molar-refractivity contribution in [2.75, 3.05) is 18.0 Å². The van der Waals surface area contributed by atoms with Gasteiger partial charge in [-0.2, -0.15) is 0 Å². The van der Waals surface area contributed by atoms with Crippen LogP contribution in [0, 0.1) is 0 Å². The fraction of sp³-hybridized carbons (Fsp3) is 0.526. The van der Waals surface area contributed by atoms with Crippen molar-refractivity contribution in [3.63, 3.8) is 0 Å². The van der Waals surface area contributed by atoms with Crippen LogP contribution in [0.25, 0.3) is 0 Å². The van der Waals surface area contributed by atoms with Crippen LogP contribution in [0.3, 0.4) is 0 Å². The van der Waals surface area contributed by atoms with Crippen molar-refractivity contribution >= 4 is 5.82 Å². The molecular weight excluding hydrogens is 314 g/mol. The Hall–Kier alpha value is -2.21. The van der Waals surface area contributed by atoms with Crippen LogP contribution < -0.4 is 10.5 Å². The summed E-state index contributed by atoms with van der Waals surface area (Å²) < 4.78 is 1.62. The van der Waals surface area contributed by atoms with Crippen LogP contribution >= 0.6 is 0 Å². The summed E-state index contributed by atoms with van der Waals surface area (Å²) >= 11 is 0. The Labute approximate surface area is 148 Å². The lowest BCUT2D eigenvalue weighted by Crippen LogP contribution is -2.46. The fourth-order valence-electron chi connectivity index (χ4n) is 3.76. The first-order valence-corrected chi connectivity index (χ1v) is 9.13. The van der Waals surface area contributed by atoms with E-state index in [1.54, 1.807) is 24.0 Å². The van der Waals surface area contributed by atoms with E-state index in [0.29, 0.717) is 12.1 Å². The summed E-state index contributed by atoms with van der Waals surface area (Å²) in [5.41, 5.74) is 1.17. The van der Waals surface area contributed by atoms with E-state index in [1.165, 1.54) is 12.8 Å². The molecule has 0 aromatic carbocycles. The summed E-state index contributed by atoms with van der Waals surface area (Å²) in [7, 11) is 1.79. The lowest BCUT2D eigenvalue weighted by Gasteiger charge is -2.39. The maximum absolute atomic E-state index is 11.8. The zero-order valence-electron chi connectivity index (χ0n) is 14.7. The van der Waals surface area contributed by atoms with Gasteiger partial charge in [0.05, 0.1) is 0 Å². The van der Waals surface area contributed by atoms with Gasteiger partial charge in [0.1, 0.15) is 12.1 Å². The minimum absolute atomic E-state index is 0.0658. The molecule has 0 atom stereocenters. The zero-order chi connectivity index (χ0) is 17.2. The number of nitrogens with zero attached hydrogens (tertiary/aromatic N) is 5. The van der Waals surface area contributed by atoms with E-state index in [1.807, 2.05) is 24.5 Å². The van der Waals surface area contributed by atoms with Gasteiger partial charge in [0.2, 0.25) is 0 Å². The molecule has 3 heterocycles. The van der Waals surface area contributed by atoms with Gasteiger partial charge in [-0.25, -0.2) is 9.97 Å². The van der Waals surface area contributed by atoms with Gasteiger partial charge in [-0.15, -0.1) is 0 Å². The van der Waals surface area contributed by atoms with Crippen LogP contribution in [-0.4, -0.2) is 44.6 Å². The molecule has 6 nitrogen and oxygen atoms in total. The molecule has 0 unspecified atom stereocenters. The Morgan fingerprint density at radius 1 is 1.16 bits per heavy atom. The van der Waals surface area contributed by atoms with Crippen LogP contribution in [0.2, 0.25) is 0 Å². The smallest absolute Gasteiger partial charge is 0.250 e. The Bertz CT molecular complexity index is 763. The molecule has 2 aliphatic rings. The molecule has 0 amide bonds. The number of anilines is 1. The molecule has 2 fully saturated rings. The number of likely N-dealkylation sites (tertiary alicyclic amines) is 1. The van der Waals surface area contributed by atoms with Crippen LogP contribution in [0.1, 0.15) is 31.2 Å². The van der Waals surface area contributed by atoms with Gasteiger partial charge in [-0.3, -0.25) is 9.69 Å². The molecule has 1 saturated heterocycles. The Morgan fingerprint density at radius 3 is 2.56 bits per heavy atom. The molecule has 0 N–H and O–H groups in total. The number of aryl methyl sites for hydroxylation is 1. The minimum atomic E-state index is 0.0658. The van der Waals surface area contributed by atoms with Crippen molar-refractivity contribution < 1.29 is 0 Å². The molecule has 1 aliphatic heterocycles. The number of aromatic nitrogens is 3. The molecule has 2 aromatic heterocycles. The van der Waals surface area contributed by atoms with Crippen molar-refractivity contribution in [1.82, 2.24) is 19.4 Å². The molecule has 0 bridgehead atoms. The first-order valence-electron chi connectivity index (χ1n) is 9.13. The Balaban J connectivity index is 1.39. The molecule has 0 radical (unpaired) electrons. The van der Waals surface area contributed by atoms with E-state index >= 15 is 0 Å². The first-order chi connectivity index (χ1) is 12.2. The van der Waals surface area contributed by atoms with Crippen molar-refractivity contribution in [2.45, 2.75) is 44.3 Å². The van der Waals surface area contributed by atoms with Crippen molar-refractivity contribution in [2.24, 2.45) is 7.05 Å². The van der Waals surface area contributed by atoms with Gasteiger partial charge in [-0.05, 0) is 43.4 Å². The van der Waals surface area contributed by atoms with E-state index in [-0.39, 0.29) is 5.56 Å². The Morgan fingerprint density at radius 2 is 1.92 bits per heavy atom. The second kappa shape index (κ2) is 6.96. The molecule has 6 heteroatoms. The van der Waals surface area contributed by atoms with Gasteiger partial charge in [0.15, 0.2) is 0 Å². The number of hydrogen-bond acceptors (Lipinski definition) is 5. The molecule has 1 saturated carbocycles. The third-order valence-corrected chi connectivity index (χ3v) is 5.30. The topological polar surface area (TPSA) is 54.3 Å². The highest BCUT2D eigenvalue weighted by atomic mass is 16.1. The summed E-state index contributed by atoms with van der Waals surface area (Å²) in [5, 5.41) is 0. The Kier molecular flexibility index (Phi) is 4.53. The van der Waals surface area contributed by atoms with Crippen LogP contribution in [0.15, 0.2) is 41.7 Å². The van der Waals surface area contributed by atoms with Gasteiger partial charge in [0.25, 0.3) is 5.56 Å². The number of pyridine rings is 1.